The first-order valence-electron chi connectivity index (χ1n) is 1.52. The third-order valence-corrected chi connectivity index (χ3v) is 0.585. The topological polar surface area (TPSA) is 12.4 Å². The van der Waals surface area contributed by atoms with Crippen LogP contribution in [-0.2, 0) is 0 Å². The first-order chi connectivity index (χ1) is 2.91. The summed E-state index contributed by atoms with van der Waals surface area (Å²) in [4.78, 5) is 0. The predicted molar refractivity (Wildman–Crippen MR) is 33.2 cm³/mol. The van der Waals surface area contributed by atoms with Crippen molar-refractivity contribution >= 4 is 33.0 Å². The second kappa shape index (κ2) is 5.34. The van der Waals surface area contributed by atoms with E-state index < -0.39 is 0 Å². The molecule has 27 valence electrons. The summed E-state index contributed by atoms with van der Waals surface area (Å²) in [5, 5.41) is 0. The Balaban J connectivity index is 2.94. The van der Waals surface area contributed by atoms with Crippen LogP contribution in [-0.4, -0.2) is 27.3 Å². The molecule has 0 amide bonds. The van der Waals surface area contributed by atoms with Crippen molar-refractivity contribution in [3.63, 3.8) is 0 Å². The molecule has 0 unspecified atom stereocenters. The summed E-state index contributed by atoms with van der Waals surface area (Å²) < 4.78 is 3.70. The Hall–Kier alpha value is 0.345. The number of hydrogen-bond acceptors (Lipinski definition) is 2. The standard InChI is InChI=1S/CH3B3NS/c1-6-5-4-3-2/h1H3. The van der Waals surface area contributed by atoms with Crippen molar-refractivity contribution in [1.82, 2.24) is 0 Å². The molecule has 0 rings (SSSR count). The van der Waals surface area contributed by atoms with Crippen LogP contribution >= 0.6 is 11.9 Å². The second-order valence-electron chi connectivity index (χ2n) is 0.630. The minimum atomic E-state index is 1.38. The fourth-order valence-electron chi connectivity index (χ4n) is 0.0960. The molecule has 0 saturated heterocycles. The van der Waals surface area contributed by atoms with Gasteiger partial charge in [-0.3, -0.25) is 0 Å². The molecular weight excluding hydrogens is 90.5 g/mol. The summed E-state index contributed by atoms with van der Waals surface area (Å²) >= 11 is 1.38. The van der Waals surface area contributed by atoms with Gasteiger partial charge in [-0.15, -0.1) is 0 Å². The molecule has 1 radical (unpaired) electrons. The van der Waals surface area contributed by atoms with Crippen molar-refractivity contribution in [2.45, 2.75) is 0 Å². The molecule has 0 aromatic carbocycles. The van der Waals surface area contributed by atoms with E-state index in [0.29, 0.717) is 0 Å². The minimum absolute atomic E-state index is 1.38. The summed E-state index contributed by atoms with van der Waals surface area (Å²) in [5.74, 6) is 0. The van der Waals surface area contributed by atoms with Gasteiger partial charge < -0.3 is 0 Å². The van der Waals surface area contributed by atoms with Gasteiger partial charge >= 0.3 is 43.5 Å². The zero-order valence-electron chi connectivity index (χ0n) is 3.59. The molecule has 0 heterocycles. The molecule has 0 aliphatic carbocycles. The summed E-state index contributed by atoms with van der Waals surface area (Å²) in [6.07, 6.45) is 1.88. The Morgan fingerprint density at radius 1 is 1.83 bits per heavy atom. The van der Waals surface area contributed by atoms with E-state index in [-0.39, 0.29) is 0 Å². The maximum absolute atomic E-state index is 4.93. The zero-order chi connectivity index (χ0) is 4.83. The van der Waals surface area contributed by atoms with Crippen molar-refractivity contribution in [2.75, 3.05) is 6.26 Å². The third kappa shape index (κ3) is 4.34. The van der Waals surface area contributed by atoms with Crippen LogP contribution in [0.1, 0.15) is 0 Å². The van der Waals surface area contributed by atoms with Crippen LogP contribution in [0.3, 0.4) is 0 Å². The first-order valence-corrected chi connectivity index (χ1v) is 2.70. The quantitative estimate of drug-likeness (QED) is 0.342. The normalized spacial score (nSPS) is 7.33. The SMILES string of the molecule is [B]=BB=NSC. The summed E-state index contributed by atoms with van der Waals surface area (Å²) in [7, 11) is 4.93. The molecule has 0 spiro atoms. The fraction of sp³-hybridized carbons (Fsp3) is 1.00. The van der Waals surface area contributed by atoms with Crippen molar-refractivity contribution in [3.8, 4) is 0 Å². The third-order valence-electron chi connectivity index (χ3n) is 0.252. The van der Waals surface area contributed by atoms with Crippen molar-refractivity contribution in [3.05, 3.63) is 0 Å². The van der Waals surface area contributed by atoms with E-state index in [4.69, 9.17) is 7.37 Å². The van der Waals surface area contributed by atoms with E-state index in [1.165, 1.54) is 18.6 Å². The molecule has 1 nitrogen and oxygen atoms in total. The van der Waals surface area contributed by atoms with E-state index >= 15 is 0 Å². The fourth-order valence-corrected chi connectivity index (χ4v) is 0.288. The number of rotatable bonds is 2. The summed E-state index contributed by atoms with van der Waals surface area (Å²) in [6, 6.07) is 0. The number of nitrogens with zero attached hydrogens (tertiary/aromatic N) is 1. The van der Waals surface area contributed by atoms with Gasteiger partial charge in [0.25, 0.3) is 0 Å². The molecule has 0 N–H and O–H groups in total. The van der Waals surface area contributed by atoms with Crippen molar-refractivity contribution < 1.29 is 0 Å². The van der Waals surface area contributed by atoms with E-state index in [2.05, 4.69) is 4.30 Å². The van der Waals surface area contributed by atoms with Gasteiger partial charge in [0, 0.05) is 0 Å². The monoisotopic (exact) mass is 94.0 g/mol. The molecule has 0 aliphatic rings. The average Bonchev–Trinajstić information content (AvgIpc) is 1.61. The van der Waals surface area contributed by atoms with Crippen LogP contribution in [0, 0.1) is 0 Å². The molecule has 6 heavy (non-hydrogen) atoms. The zero-order valence-corrected chi connectivity index (χ0v) is 4.40. The summed E-state index contributed by atoms with van der Waals surface area (Å²) in [5.41, 5.74) is 0. The molecule has 0 aromatic rings. The molecular formula is CH3B3NS. The van der Waals surface area contributed by atoms with E-state index in [9.17, 15) is 0 Å². The molecule has 0 fully saturated rings. The molecule has 0 aliphatic heterocycles. The van der Waals surface area contributed by atoms with Gasteiger partial charge in [-0.05, 0) is 0 Å². The molecule has 0 saturated carbocycles. The average molecular weight is 93.5 g/mol. The molecule has 0 aromatic heterocycles. The van der Waals surface area contributed by atoms with Crippen molar-refractivity contribution in [1.29, 1.82) is 0 Å². The van der Waals surface area contributed by atoms with Crippen LogP contribution in [0.2, 0.25) is 0 Å². The van der Waals surface area contributed by atoms with E-state index in [1.807, 2.05) is 6.26 Å². The van der Waals surface area contributed by atoms with Crippen molar-refractivity contribution in [2.24, 2.45) is 4.30 Å². The van der Waals surface area contributed by atoms with Crippen LogP contribution < -0.4 is 0 Å². The van der Waals surface area contributed by atoms with E-state index in [0.717, 1.165) is 0 Å². The molecule has 5 heteroatoms. The number of hydrogen-bond donors (Lipinski definition) is 0. The molecule has 0 atom stereocenters. The predicted octanol–water partition coefficient (Wildman–Crippen LogP) is -0.145. The summed E-state index contributed by atoms with van der Waals surface area (Å²) in [6.45, 7) is 2.95. The van der Waals surface area contributed by atoms with Gasteiger partial charge in [-0.2, -0.15) is 0 Å². The van der Waals surface area contributed by atoms with Crippen LogP contribution in [0.5, 0.6) is 0 Å². The first kappa shape index (κ1) is 6.34. The Morgan fingerprint density at radius 3 is 2.67 bits per heavy atom. The maximum atomic E-state index is 4.93. The van der Waals surface area contributed by atoms with Crippen LogP contribution in [0.15, 0.2) is 4.30 Å². The Labute approximate surface area is 44.3 Å². The van der Waals surface area contributed by atoms with Gasteiger partial charge in [0.2, 0.25) is 0 Å². The van der Waals surface area contributed by atoms with Crippen LogP contribution in [0.25, 0.3) is 0 Å². The Kier molecular flexibility index (Phi) is 5.65. The van der Waals surface area contributed by atoms with Crippen LogP contribution in [0.4, 0.5) is 0 Å². The Morgan fingerprint density at radius 2 is 2.50 bits per heavy atom. The molecule has 0 bridgehead atoms. The van der Waals surface area contributed by atoms with Gasteiger partial charge in [-0.25, -0.2) is 0 Å². The Bertz CT molecular complexity index is 61.8. The van der Waals surface area contributed by atoms with Gasteiger partial charge in [0.1, 0.15) is 0 Å². The van der Waals surface area contributed by atoms with Gasteiger partial charge in [-0.1, -0.05) is 0 Å². The van der Waals surface area contributed by atoms with Gasteiger partial charge in [0.05, 0.1) is 0 Å². The van der Waals surface area contributed by atoms with E-state index in [1.54, 1.807) is 6.96 Å². The van der Waals surface area contributed by atoms with Gasteiger partial charge in [0.15, 0.2) is 0 Å². The second-order valence-corrected chi connectivity index (χ2v) is 1.21.